The molecule has 0 radical (unpaired) electrons. The summed E-state index contributed by atoms with van der Waals surface area (Å²) < 4.78 is 5.16. The zero-order valence-corrected chi connectivity index (χ0v) is 14.1. The molecular formula is C19H21N3O3. The zero-order chi connectivity index (χ0) is 17.6. The average Bonchev–Trinajstić information content (AvgIpc) is 3.13. The fourth-order valence-electron chi connectivity index (χ4n) is 2.93. The molecule has 0 saturated carbocycles. The smallest absolute Gasteiger partial charge is 0.322 e. The van der Waals surface area contributed by atoms with Gasteiger partial charge < -0.3 is 20.3 Å². The average molecular weight is 339 g/mol. The lowest BCUT2D eigenvalue weighted by atomic mass is 10.2. The van der Waals surface area contributed by atoms with Crippen molar-refractivity contribution in [3.63, 3.8) is 0 Å². The van der Waals surface area contributed by atoms with Crippen LogP contribution in [0.4, 0.5) is 16.2 Å². The Morgan fingerprint density at radius 1 is 1.04 bits per heavy atom. The van der Waals surface area contributed by atoms with Gasteiger partial charge in [-0.15, -0.1) is 0 Å². The Bertz CT molecular complexity index is 749. The predicted octanol–water partition coefficient (Wildman–Crippen LogP) is 3.33. The van der Waals surface area contributed by atoms with Crippen LogP contribution in [0.5, 0.6) is 5.75 Å². The summed E-state index contributed by atoms with van der Waals surface area (Å²) in [5, 5.41) is 5.70. The highest BCUT2D eigenvalue weighted by molar-refractivity contribution is 5.99. The van der Waals surface area contributed by atoms with Crippen molar-refractivity contribution in [2.24, 2.45) is 0 Å². The van der Waals surface area contributed by atoms with Crippen molar-refractivity contribution in [3.05, 3.63) is 54.6 Å². The van der Waals surface area contributed by atoms with Crippen LogP contribution in [0, 0.1) is 0 Å². The van der Waals surface area contributed by atoms with Crippen LogP contribution in [0.2, 0.25) is 0 Å². The summed E-state index contributed by atoms with van der Waals surface area (Å²) in [6, 6.07) is 15.7. The van der Waals surface area contributed by atoms with Crippen LogP contribution in [0.25, 0.3) is 0 Å². The van der Waals surface area contributed by atoms with Gasteiger partial charge in [-0.3, -0.25) is 4.79 Å². The van der Waals surface area contributed by atoms with Gasteiger partial charge in [-0.05, 0) is 37.1 Å². The molecule has 6 nitrogen and oxygen atoms in total. The van der Waals surface area contributed by atoms with E-state index >= 15 is 0 Å². The second kappa shape index (κ2) is 7.70. The van der Waals surface area contributed by atoms with Crippen molar-refractivity contribution >= 4 is 23.3 Å². The molecule has 1 saturated heterocycles. The van der Waals surface area contributed by atoms with Gasteiger partial charge in [-0.2, -0.15) is 0 Å². The van der Waals surface area contributed by atoms with E-state index in [9.17, 15) is 9.59 Å². The van der Waals surface area contributed by atoms with Crippen LogP contribution >= 0.6 is 0 Å². The molecule has 0 bridgehead atoms. The molecule has 1 fully saturated rings. The molecule has 3 rings (SSSR count). The molecule has 0 aliphatic carbocycles. The first-order valence-corrected chi connectivity index (χ1v) is 8.25. The number of carbonyl (C=O) groups is 2. The summed E-state index contributed by atoms with van der Waals surface area (Å²) in [5.41, 5.74) is 1.37. The molecule has 3 amide bonds. The van der Waals surface area contributed by atoms with Gasteiger partial charge in [-0.25, -0.2) is 4.79 Å². The predicted molar refractivity (Wildman–Crippen MR) is 96.8 cm³/mol. The summed E-state index contributed by atoms with van der Waals surface area (Å²) in [6.07, 6.45) is 1.46. The second-order valence-corrected chi connectivity index (χ2v) is 5.87. The van der Waals surface area contributed by atoms with Crippen LogP contribution < -0.4 is 15.4 Å². The van der Waals surface area contributed by atoms with E-state index in [1.807, 2.05) is 36.4 Å². The van der Waals surface area contributed by atoms with Crippen LogP contribution in [0.15, 0.2) is 54.6 Å². The van der Waals surface area contributed by atoms with Crippen LogP contribution in [0.1, 0.15) is 12.8 Å². The third-order valence-electron chi connectivity index (χ3n) is 4.18. The number of ether oxygens (including phenoxy) is 1. The fourth-order valence-corrected chi connectivity index (χ4v) is 2.93. The molecule has 0 unspecified atom stereocenters. The standard InChI is InChI=1S/C19H21N3O3/c1-25-16-10-5-9-15(13-16)21-19(24)22-12-6-11-17(22)18(23)20-14-7-3-2-4-8-14/h2-5,7-10,13,17H,6,11-12H2,1H3,(H,20,23)(H,21,24)/t17-/m1/s1. The highest BCUT2D eigenvalue weighted by Crippen LogP contribution is 2.22. The van der Waals surface area contributed by atoms with Gasteiger partial charge in [0.25, 0.3) is 0 Å². The Kier molecular flexibility index (Phi) is 5.18. The highest BCUT2D eigenvalue weighted by atomic mass is 16.5. The minimum Gasteiger partial charge on any atom is -0.497 e. The maximum Gasteiger partial charge on any atom is 0.322 e. The van der Waals surface area contributed by atoms with Crippen molar-refractivity contribution in [1.82, 2.24) is 4.90 Å². The van der Waals surface area contributed by atoms with Crippen LogP contribution in [0.3, 0.4) is 0 Å². The Morgan fingerprint density at radius 2 is 1.80 bits per heavy atom. The number of nitrogens with zero attached hydrogens (tertiary/aromatic N) is 1. The van der Waals surface area contributed by atoms with E-state index in [0.29, 0.717) is 24.4 Å². The van der Waals surface area contributed by atoms with E-state index in [2.05, 4.69) is 10.6 Å². The van der Waals surface area contributed by atoms with Crippen molar-refractivity contribution in [3.8, 4) is 5.75 Å². The monoisotopic (exact) mass is 339 g/mol. The van der Waals surface area contributed by atoms with Gasteiger partial charge >= 0.3 is 6.03 Å². The van der Waals surface area contributed by atoms with Crippen molar-refractivity contribution < 1.29 is 14.3 Å². The molecule has 2 aromatic carbocycles. The van der Waals surface area contributed by atoms with Gasteiger partial charge in [0.2, 0.25) is 5.91 Å². The highest BCUT2D eigenvalue weighted by Gasteiger charge is 2.34. The Labute approximate surface area is 146 Å². The van der Waals surface area contributed by atoms with Gasteiger partial charge in [-0.1, -0.05) is 24.3 Å². The lowest BCUT2D eigenvalue weighted by Gasteiger charge is -2.24. The van der Waals surface area contributed by atoms with Crippen LogP contribution in [-0.4, -0.2) is 36.5 Å². The molecule has 1 heterocycles. The van der Waals surface area contributed by atoms with E-state index in [1.54, 1.807) is 30.2 Å². The van der Waals surface area contributed by atoms with Crippen molar-refractivity contribution in [1.29, 1.82) is 0 Å². The normalized spacial score (nSPS) is 16.4. The van der Waals surface area contributed by atoms with E-state index in [0.717, 1.165) is 12.1 Å². The molecular weight excluding hydrogens is 318 g/mol. The number of urea groups is 1. The maximum absolute atomic E-state index is 12.6. The molecule has 1 aliphatic rings. The lowest BCUT2D eigenvalue weighted by molar-refractivity contribution is -0.119. The molecule has 0 spiro atoms. The fraction of sp³-hybridized carbons (Fsp3) is 0.263. The second-order valence-electron chi connectivity index (χ2n) is 5.87. The van der Waals surface area contributed by atoms with Gasteiger partial charge in [0.15, 0.2) is 0 Å². The van der Waals surface area contributed by atoms with Gasteiger partial charge in [0.1, 0.15) is 11.8 Å². The molecule has 0 aromatic heterocycles. The maximum atomic E-state index is 12.6. The number of benzene rings is 2. The molecule has 2 aromatic rings. The Hall–Kier alpha value is -3.02. The molecule has 1 atom stereocenters. The van der Waals surface area contributed by atoms with Gasteiger partial charge in [0, 0.05) is 24.0 Å². The van der Waals surface area contributed by atoms with E-state index in [4.69, 9.17) is 4.74 Å². The molecule has 1 aliphatic heterocycles. The molecule has 130 valence electrons. The summed E-state index contributed by atoms with van der Waals surface area (Å²) in [4.78, 5) is 26.7. The zero-order valence-electron chi connectivity index (χ0n) is 14.1. The topological polar surface area (TPSA) is 70.7 Å². The largest absolute Gasteiger partial charge is 0.497 e. The first-order chi connectivity index (χ1) is 12.2. The minimum absolute atomic E-state index is 0.163. The Balaban J connectivity index is 1.65. The summed E-state index contributed by atoms with van der Waals surface area (Å²) in [5.74, 6) is 0.502. The van der Waals surface area contributed by atoms with E-state index in [1.165, 1.54) is 0 Å². The SMILES string of the molecule is COc1cccc(NC(=O)N2CCC[C@@H]2C(=O)Nc2ccccc2)c1. The first-order valence-electron chi connectivity index (χ1n) is 8.25. The number of amides is 3. The van der Waals surface area contributed by atoms with Crippen molar-refractivity contribution in [2.75, 3.05) is 24.3 Å². The summed E-state index contributed by atoms with van der Waals surface area (Å²) >= 11 is 0. The lowest BCUT2D eigenvalue weighted by Crippen LogP contribution is -2.45. The Morgan fingerprint density at radius 3 is 2.56 bits per heavy atom. The molecule has 25 heavy (non-hydrogen) atoms. The van der Waals surface area contributed by atoms with E-state index in [-0.39, 0.29) is 11.9 Å². The van der Waals surface area contributed by atoms with E-state index < -0.39 is 6.04 Å². The number of likely N-dealkylation sites (tertiary alicyclic amines) is 1. The number of methoxy groups -OCH3 is 1. The number of anilines is 2. The van der Waals surface area contributed by atoms with Gasteiger partial charge in [0.05, 0.1) is 7.11 Å². The van der Waals surface area contributed by atoms with Crippen LogP contribution in [-0.2, 0) is 4.79 Å². The first kappa shape index (κ1) is 16.8. The number of carbonyl (C=O) groups excluding carboxylic acids is 2. The molecule has 6 heteroatoms. The number of para-hydroxylation sites is 1. The molecule has 2 N–H and O–H groups in total. The number of hydrogen-bond acceptors (Lipinski definition) is 3. The quantitative estimate of drug-likeness (QED) is 0.897. The third-order valence-corrected chi connectivity index (χ3v) is 4.18. The minimum atomic E-state index is -0.467. The number of rotatable bonds is 4. The number of nitrogens with one attached hydrogen (secondary N) is 2. The summed E-state index contributed by atoms with van der Waals surface area (Å²) in [7, 11) is 1.57. The summed E-state index contributed by atoms with van der Waals surface area (Å²) in [6.45, 7) is 0.558. The third kappa shape index (κ3) is 4.09. The van der Waals surface area contributed by atoms with Crippen molar-refractivity contribution in [2.45, 2.75) is 18.9 Å². The number of hydrogen-bond donors (Lipinski definition) is 2.